The summed E-state index contributed by atoms with van der Waals surface area (Å²) >= 11 is 1.27. The largest absolute Gasteiger partial charge is 0.480 e. The number of hydrogen-bond acceptors (Lipinski definition) is 5. The Kier molecular flexibility index (Phi) is 7.52. The zero-order valence-corrected chi connectivity index (χ0v) is 11.9. The van der Waals surface area contributed by atoms with Crippen LogP contribution in [0.4, 0.5) is 4.79 Å². The third kappa shape index (κ3) is 6.44. The fraction of sp³-hybridized carbons (Fsp3) is 0.385. The number of ether oxygens (including phenoxy) is 2. The number of rotatable bonds is 8. The first-order valence-corrected chi connectivity index (χ1v) is 7.05. The van der Waals surface area contributed by atoms with E-state index in [0.29, 0.717) is 5.94 Å². The molecular formula is C13H17NO5S. The van der Waals surface area contributed by atoms with E-state index < -0.39 is 18.1 Å². The van der Waals surface area contributed by atoms with Gasteiger partial charge in [-0.15, -0.1) is 11.8 Å². The summed E-state index contributed by atoms with van der Waals surface area (Å²) in [6.07, 6.45) is -0.751. The van der Waals surface area contributed by atoms with E-state index in [1.807, 2.05) is 30.3 Å². The fourth-order valence-corrected chi connectivity index (χ4v) is 2.06. The van der Waals surface area contributed by atoms with Gasteiger partial charge in [0.1, 0.15) is 12.6 Å². The average Bonchev–Trinajstić information content (AvgIpc) is 2.45. The molecule has 2 N–H and O–H groups in total. The summed E-state index contributed by atoms with van der Waals surface area (Å²) in [6.45, 7) is 0.101. The topological polar surface area (TPSA) is 84.9 Å². The van der Waals surface area contributed by atoms with Gasteiger partial charge in [0.2, 0.25) is 0 Å². The fourth-order valence-electron chi connectivity index (χ4n) is 1.33. The van der Waals surface area contributed by atoms with Crippen LogP contribution < -0.4 is 5.32 Å². The molecule has 0 radical (unpaired) electrons. The maximum absolute atomic E-state index is 11.5. The molecule has 1 aromatic rings. The third-order valence-electron chi connectivity index (χ3n) is 2.29. The predicted octanol–water partition coefficient (Wildman–Crippen LogP) is 1.70. The molecule has 0 spiro atoms. The second-order valence-corrected chi connectivity index (χ2v) is 4.85. The van der Waals surface area contributed by atoms with Gasteiger partial charge < -0.3 is 19.9 Å². The van der Waals surface area contributed by atoms with Crippen molar-refractivity contribution in [2.24, 2.45) is 0 Å². The Morgan fingerprint density at radius 2 is 2.05 bits per heavy atom. The zero-order valence-electron chi connectivity index (χ0n) is 11.1. The van der Waals surface area contributed by atoms with Crippen LogP contribution in [-0.2, 0) is 20.9 Å². The number of benzene rings is 1. The van der Waals surface area contributed by atoms with Gasteiger partial charge in [0.15, 0.2) is 0 Å². The van der Waals surface area contributed by atoms with Gasteiger partial charge in [0.25, 0.3) is 0 Å². The molecule has 0 aliphatic carbocycles. The van der Waals surface area contributed by atoms with E-state index in [9.17, 15) is 9.59 Å². The number of alkyl carbamates (subject to hydrolysis) is 1. The SMILES string of the molecule is COCSCC(NC(=O)OCc1ccccc1)C(=O)O. The van der Waals surface area contributed by atoms with Gasteiger partial charge in [-0.1, -0.05) is 30.3 Å². The molecule has 0 aliphatic heterocycles. The molecule has 0 fully saturated rings. The molecule has 1 aromatic carbocycles. The van der Waals surface area contributed by atoms with Crippen LogP contribution in [0.2, 0.25) is 0 Å². The summed E-state index contributed by atoms with van der Waals surface area (Å²) in [5.41, 5.74) is 0.836. The van der Waals surface area contributed by atoms with E-state index in [4.69, 9.17) is 14.6 Å². The smallest absolute Gasteiger partial charge is 0.408 e. The lowest BCUT2D eigenvalue weighted by atomic mass is 10.2. The molecule has 1 unspecified atom stereocenters. The molecule has 1 amide bonds. The van der Waals surface area contributed by atoms with Crippen molar-refractivity contribution in [3.05, 3.63) is 35.9 Å². The van der Waals surface area contributed by atoms with E-state index in [2.05, 4.69) is 5.32 Å². The van der Waals surface area contributed by atoms with Crippen LogP contribution in [0.15, 0.2) is 30.3 Å². The van der Waals surface area contributed by atoms with Crippen LogP contribution in [0.5, 0.6) is 0 Å². The Morgan fingerprint density at radius 3 is 2.65 bits per heavy atom. The normalized spacial score (nSPS) is 11.7. The molecule has 0 aliphatic rings. The van der Waals surface area contributed by atoms with Crippen LogP contribution in [0.25, 0.3) is 0 Å². The number of carbonyl (C=O) groups excluding carboxylic acids is 1. The monoisotopic (exact) mass is 299 g/mol. The molecule has 20 heavy (non-hydrogen) atoms. The van der Waals surface area contributed by atoms with E-state index in [-0.39, 0.29) is 12.4 Å². The van der Waals surface area contributed by atoms with Gasteiger partial charge >= 0.3 is 12.1 Å². The minimum atomic E-state index is -1.11. The van der Waals surface area contributed by atoms with Gasteiger partial charge in [-0.2, -0.15) is 0 Å². The van der Waals surface area contributed by atoms with E-state index in [1.165, 1.54) is 18.9 Å². The Bertz CT molecular complexity index is 426. The first-order valence-electron chi connectivity index (χ1n) is 5.90. The lowest BCUT2D eigenvalue weighted by Gasteiger charge is -2.14. The van der Waals surface area contributed by atoms with Gasteiger partial charge in [-0.05, 0) is 5.56 Å². The van der Waals surface area contributed by atoms with Crippen molar-refractivity contribution in [2.45, 2.75) is 12.6 Å². The van der Waals surface area contributed by atoms with Crippen LogP contribution in [0, 0.1) is 0 Å². The van der Waals surface area contributed by atoms with E-state index in [1.54, 1.807) is 0 Å². The summed E-state index contributed by atoms with van der Waals surface area (Å²) < 4.78 is 9.77. The number of carboxylic acid groups (broad SMARTS) is 1. The van der Waals surface area contributed by atoms with Crippen molar-refractivity contribution in [1.29, 1.82) is 0 Å². The molecule has 0 saturated carbocycles. The zero-order chi connectivity index (χ0) is 14.8. The summed E-state index contributed by atoms with van der Waals surface area (Å²) in [6, 6.07) is 8.15. The number of carbonyl (C=O) groups is 2. The predicted molar refractivity (Wildman–Crippen MR) is 75.5 cm³/mol. The average molecular weight is 299 g/mol. The minimum absolute atomic E-state index is 0.101. The Labute approximate surface area is 121 Å². The van der Waals surface area contributed by atoms with Crippen molar-refractivity contribution < 1.29 is 24.2 Å². The molecule has 6 nitrogen and oxygen atoms in total. The van der Waals surface area contributed by atoms with Crippen LogP contribution in [0.3, 0.4) is 0 Å². The first-order chi connectivity index (χ1) is 9.63. The highest BCUT2D eigenvalue weighted by Gasteiger charge is 2.20. The summed E-state index contributed by atoms with van der Waals surface area (Å²) in [5.74, 6) is -0.529. The van der Waals surface area contributed by atoms with Gasteiger partial charge in [0.05, 0.1) is 5.94 Å². The first kappa shape index (κ1) is 16.3. The second kappa shape index (κ2) is 9.22. The summed E-state index contributed by atoms with van der Waals surface area (Å²) in [7, 11) is 1.52. The minimum Gasteiger partial charge on any atom is -0.480 e. The number of methoxy groups -OCH3 is 1. The quantitative estimate of drug-likeness (QED) is 0.561. The number of carboxylic acids is 1. The van der Waals surface area contributed by atoms with Gasteiger partial charge in [-0.25, -0.2) is 9.59 Å². The van der Waals surface area contributed by atoms with Crippen LogP contribution in [0.1, 0.15) is 5.56 Å². The standard InChI is InChI=1S/C13H17NO5S/c1-18-9-20-8-11(12(15)16)14-13(17)19-7-10-5-3-2-4-6-10/h2-6,11H,7-9H2,1H3,(H,14,17)(H,15,16). The Balaban J connectivity index is 2.36. The Hall–Kier alpha value is -1.73. The summed E-state index contributed by atoms with van der Waals surface area (Å²) in [4.78, 5) is 22.5. The molecule has 1 rings (SSSR count). The highest BCUT2D eigenvalue weighted by molar-refractivity contribution is 7.99. The number of nitrogens with one attached hydrogen (secondary N) is 1. The van der Waals surface area contributed by atoms with Crippen molar-refractivity contribution in [1.82, 2.24) is 5.32 Å². The van der Waals surface area contributed by atoms with Crippen molar-refractivity contribution in [2.75, 3.05) is 18.8 Å². The lowest BCUT2D eigenvalue weighted by molar-refractivity contribution is -0.138. The van der Waals surface area contributed by atoms with Gasteiger partial charge in [0, 0.05) is 12.9 Å². The molecule has 0 heterocycles. The molecule has 0 saturated heterocycles. The molecule has 7 heteroatoms. The van der Waals surface area contributed by atoms with E-state index >= 15 is 0 Å². The van der Waals surface area contributed by atoms with E-state index in [0.717, 1.165) is 5.56 Å². The summed E-state index contributed by atoms with van der Waals surface area (Å²) in [5, 5.41) is 11.3. The van der Waals surface area contributed by atoms with Crippen molar-refractivity contribution in [3.63, 3.8) is 0 Å². The van der Waals surface area contributed by atoms with Crippen LogP contribution in [-0.4, -0.2) is 42.0 Å². The molecule has 0 bridgehead atoms. The maximum Gasteiger partial charge on any atom is 0.408 e. The van der Waals surface area contributed by atoms with Gasteiger partial charge in [-0.3, -0.25) is 0 Å². The molecule has 1 atom stereocenters. The Morgan fingerprint density at radius 1 is 1.35 bits per heavy atom. The highest BCUT2D eigenvalue weighted by atomic mass is 32.2. The maximum atomic E-state index is 11.5. The number of amides is 1. The number of hydrogen-bond donors (Lipinski definition) is 2. The highest BCUT2D eigenvalue weighted by Crippen LogP contribution is 2.04. The second-order valence-electron chi connectivity index (χ2n) is 3.87. The lowest BCUT2D eigenvalue weighted by Crippen LogP contribution is -2.42. The third-order valence-corrected chi connectivity index (χ3v) is 3.26. The molecular weight excluding hydrogens is 282 g/mol. The molecule has 0 aromatic heterocycles. The molecule has 110 valence electrons. The number of aliphatic carboxylic acids is 1. The van der Waals surface area contributed by atoms with Crippen LogP contribution >= 0.6 is 11.8 Å². The van der Waals surface area contributed by atoms with Crippen molar-refractivity contribution >= 4 is 23.8 Å². The number of thioether (sulfide) groups is 1. The van der Waals surface area contributed by atoms with Crippen molar-refractivity contribution in [3.8, 4) is 0 Å².